The fourth-order valence-corrected chi connectivity index (χ4v) is 0. The third-order valence-electron chi connectivity index (χ3n) is 0. The van der Waals surface area contributed by atoms with E-state index in [1.165, 1.54) is 0 Å². The van der Waals surface area contributed by atoms with Gasteiger partial charge in [0, 0.05) is 56.1 Å². The molecule has 0 aliphatic rings. The van der Waals surface area contributed by atoms with E-state index in [-0.39, 0.29) is 80.6 Å². The normalized spacial score (nSPS) is 0. The van der Waals surface area contributed by atoms with Crippen molar-refractivity contribution in [2.24, 2.45) is 0 Å². The van der Waals surface area contributed by atoms with Crippen molar-refractivity contribution in [1.82, 2.24) is 0 Å². The largest absolute Gasteiger partial charge is 0 e. The molecule has 0 aliphatic carbocycles. The van der Waals surface area contributed by atoms with Gasteiger partial charge in [-0.2, -0.15) is 0 Å². The maximum atomic E-state index is 0. The van der Waals surface area contributed by atoms with E-state index in [0.717, 1.165) is 0 Å². The van der Waals surface area contributed by atoms with E-state index in [0.29, 0.717) is 0 Å². The first-order valence-corrected chi connectivity index (χ1v) is 0. The molecule has 4 heteroatoms. The summed E-state index contributed by atoms with van der Waals surface area (Å²) in [5.74, 6) is 0. The van der Waals surface area contributed by atoms with Gasteiger partial charge in [0.05, 0.1) is 0 Å². The van der Waals surface area contributed by atoms with Crippen molar-refractivity contribution in [3.05, 3.63) is 0 Å². The third kappa shape index (κ3) is 8.82. The molecule has 4 heavy (non-hydrogen) atoms. The van der Waals surface area contributed by atoms with Gasteiger partial charge in [-0.3, -0.25) is 0 Å². The molecule has 0 atom stereocenters. The molecule has 0 amide bonds. The van der Waals surface area contributed by atoms with E-state index >= 15 is 0 Å². The predicted molar refractivity (Wildman–Crippen MR) is 9.94 cm³/mol. The van der Waals surface area contributed by atoms with Crippen LogP contribution >= 0.6 is 0 Å². The Hall–Kier alpha value is 2.58. The van der Waals surface area contributed by atoms with Gasteiger partial charge in [-0.25, -0.2) is 0 Å². The van der Waals surface area contributed by atoms with Crippen LogP contribution < -0.4 is 0 Å². The van der Waals surface area contributed by atoms with E-state index in [2.05, 4.69) is 0 Å². The summed E-state index contributed by atoms with van der Waals surface area (Å²) in [5.41, 5.74) is 0. The molecule has 0 heterocycles. The summed E-state index contributed by atoms with van der Waals surface area (Å²) in [4.78, 5) is 0. The maximum absolute atomic E-state index is 0. The number of rotatable bonds is 0. The number of hydrogen-bond donors (Lipinski definition) is 0. The van der Waals surface area contributed by atoms with Crippen molar-refractivity contribution in [2.45, 2.75) is 0 Å². The zero-order valence-corrected chi connectivity index (χ0v) is 10.0. The van der Waals surface area contributed by atoms with Crippen molar-refractivity contribution >= 4 is 24.4 Å². The second-order valence-corrected chi connectivity index (χ2v) is 0. The van der Waals surface area contributed by atoms with Gasteiger partial charge in [0.25, 0.3) is 0 Å². The van der Waals surface area contributed by atoms with Crippen molar-refractivity contribution in [1.29, 1.82) is 0 Å². The molecule has 0 spiro atoms. The van der Waals surface area contributed by atoms with Crippen LogP contribution in [0.15, 0.2) is 0 Å². The summed E-state index contributed by atoms with van der Waals surface area (Å²) in [5, 5.41) is 0. The van der Waals surface area contributed by atoms with Crippen molar-refractivity contribution in [3.63, 3.8) is 0 Å². The molecule has 0 fully saturated rings. The first kappa shape index (κ1) is 30.7. The molecule has 0 rings (SSSR count). The standard InChI is InChI=1S/Cr.Mn.Sb.Ti.3H. The fourth-order valence-electron chi connectivity index (χ4n) is 0. The minimum absolute atomic E-state index is 0. The Morgan fingerprint density at radius 2 is 1.00 bits per heavy atom. The zero-order chi connectivity index (χ0) is 0. The second kappa shape index (κ2) is 17.6. The Morgan fingerprint density at radius 1 is 1.00 bits per heavy atom. The molecule has 0 nitrogen and oxygen atoms in total. The fraction of sp³-hybridized carbons (Fsp3) is 0. The molecule has 0 saturated carbocycles. The molecule has 0 saturated heterocycles. The smallest absolute Gasteiger partial charge is 0 e. The number of hydrogen-bond acceptors (Lipinski definition) is 0. The summed E-state index contributed by atoms with van der Waals surface area (Å²) in [6.07, 6.45) is 0. The van der Waals surface area contributed by atoms with Crippen molar-refractivity contribution in [3.8, 4) is 0 Å². The van der Waals surface area contributed by atoms with Gasteiger partial charge in [-0.15, -0.1) is 0 Å². The molecular weight excluding hydrogens is 277 g/mol. The van der Waals surface area contributed by atoms with Crippen LogP contribution in [0, 0.1) is 0 Å². The van der Waals surface area contributed by atoms with E-state index in [1.807, 2.05) is 0 Å². The van der Waals surface area contributed by atoms with E-state index < -0.39 is 0 Å². The van der Waals surface area contributed by atoms with Crippen molar-refractivity contribution in [2.75, 3.05) is 0 Å². The van der Waals surface area contributed by atoms with Crippen LogP contribution in [0.25, 0.3) is 0 Å². The Bertz CT molecular complexity index is 8.00. The van der Waals surface area contributed by atoms with Crippen LogP contribution in [0.5, 0.6) is 0 Å². The van der Waals surface area contributed by atoms with Crippen LogP contribution in [0.1, 0.15) is 0 Å². The van der Waals surface area contributed by atoms with Gasteiger partial charge in [-0.1, -0.05) is 0 Å². The monoisotopic (exact) mass is 279 g/mol. The zero-order valence-electron chi connectivity index (χ0n) is 1.99. The Balaban J connectivity index is 0. The maximum Gasteiger partial charge on any atom is 0 e. The molecule has 25 valence electrons. The quantitative estimate of drug-likeness (QED) is 0.489. The van der Waals surface area contributed by atoms with Crippen LogP contribution in [0.4, 0.5) is 0 Å². The van der Waals surface area contributed by atoms with Gasteiger partial charge >= 0.3 is 24.4 Å². The molecular formula is H3CrMnSbTi. The van der Waals surface area contributed by atoms with E-state index in [1.54, 1.807) is 0 Å². The summed E-state index contributed by atoms with van der Waals surface area (Å²) in [6, 6.07) is 0. The molecule has 0 aromatic rings. The minimum Gasteiger partial charge on any atom is 0 e. The predicted octanol–water partition coefficient (Wildman–Crippen LogP) is -1.19. The molecule has 0 N–H and O–H groups in total. The Labute approximate surface area is 79.4 Å². The van der Waals surface area contributed by atoms with Crippen LogP contribution in [0.2, 0.25) is 0 Å². The Morgan fingerprint density at radius 3 is 1.00 bits per heavy atom. The molecule has 0 bridgehead atoms. The Kier molecular flexibility index (Phi) is 135. The van der Waals surface area contributed by atoms with Gasteiger partial charge in [0.1, 0.15) is 0 Å². The first-order chi connectivity index (χ1) is 0. The van der Waals surface area contributed by atoms with Gasteiger partial charge in [0.2, 0.25) is 0 Å². The summed E-state index contributed by atoms with van der Waals surface area (Å²) in [7, 11) is 0. The summed E-state index contributed by atoms with van der Waals surface area (Å²) in [6.45, 7) is 0. The average Bonchev–Trinajstić information content (AvgIpc) is 0. The second-order valence-electron chi connectivity index (χ2n) is 0. The van der Waals surface area contributed by atoms with E-state index in [4.69, 9.17) is 0 Å². The molecule has 0 aliphatic heterocycles. The van der Waals surface area contributed by atoms with Gasteiger partial charge in [0.15, 0.2) is 0 Å². The SMILES string of the molecule is [Cr].[Mn].[SbH3].[Ti]. The molecule has 0 aromatic heterocycles. The molecule has 0 unspecified atom stereocenters. The van der Waals surface area contributed by atoms with Crippen LogP contribution in [-0.2, 0) is 56.1 Å². The average molecular weight is 280 g/mol. The molecule has 0 aromatic carbocycles. The minimum atomic E-state index is 0. The first-order valence-electron chi connectivity index (χ1n) is 0. The van der Waals surface area contributed by atoms with Crippen molar-refractivity contribution < 1.29 is 56.1 Å². The van der Waals surface area contributed by atoms with E-state index in [9.17, 15) is 0 Å². The summed E-state index contributed by atoms with van der Waals surface area (Å²) >= 11 is 0. The van der Waals surface area contributed by atoms with Crippen LogP contribution in [-0.4, -0.2) is 24.4 Å². The van der Waals surface area contributed by atoms with Gasteiger partial charge in [-0.05, 0) is 0 Å². The topological polar surface area (TPSA) is 0 Å². The van der Waals surface area contributed by atoms with Gasteiger partial charge < -0.3 is 0 Å². The molecule has 1 radical (unpaired) electrons. The summed E-state index contributed by atoms with van der Waals surface area (Å²) < 4.78 is 0. The third-order valence-corrected chi connectivity index (χ3v) is 0. The van der Waals surface area contributed by atoms with Crippen LogP contribution in [0.3, 0.4) is 0 Å².